The molecule has 1 aliphatic heterocycles. The van der Waals surface area contributed by atoms with Crippen molar-refractivity contribution in [3.05, 3.63) is 83.1 Å². The summed E-state index contributed by atoms with van der Waals surface area (Å²) in [6.45, 7) is 1.52. The van der Waals surface area contributed by atoms with Crippen LogP contribution in [0.1, 0.15) is 35.4 Å². The van der Waals surface area contributed by atoms with E-state index in [2.05, 4.69) is 15.5 Å². The maximum Gasteiger partial charge on any atom is 0.325 e. The van der Waals surface area contributed by atoms with Gasteiger partial charge in [0.2, 0.25) is 11.8 Å². The van der Waals surface area contributed by atoms with Crippen LogP contribution in [-0.2, 0) is 23.3 Å². The maximum atomic E-state index is 13.0. The Morgan fingerprint density at radius 2 is 1.76 bits per heavy atom. The van der Waals surface area contributed by atoms with Crippen LogP contribution in [-0.4, -0.2) is 27.0 Å². The molecule has 1 fully saturated rings. The Kier molecular flexibility index (Phi) is 4.56. The summed E-state index contributed by atoms with van der Waals surface area (Å²) >= 11 is 0. The van der Waals surface area contributed by atoms with Gasteiger partial charge in [0.1, 0.15) is 12.1 Å². The van der Waals surface area contributed by atoms with E-state index >= 15 is 0 Å². The number of rotatable bonds is 5. The molecule has 4 rings (SSSR count). The van der Waals surface area contributed by atoms with Crippen molar-refractivity contribution >= 4 is 11.9 Å². The predicted molar refractivity (Wildman–Crippen MR) is 101 cm³/mol. The number of benzene rings is 2. The fourth-order valence-electron chi connectivity index (χ4n) is 3.24. The fourth-order valence-corrected chi connectivity index (χ4v) is 3.24. The second-order valence-electron chi connectivity index (χ2n) is 6.89. The Bertz CT molecular complexity index is 1100. The van der Waals surface area contributed by atoms with Crippen molar-refractivity contribution in [3.8, 4) is 6.07 Å². The second kappa shape index (κ2) is 7.20. The number of carbonyl (C=O) groups is 2. The fraction of sp³-hybridized carbons (Fsp3) is 0.190. The summed E-state index contributed by atoms with van der Waals surface area (Å²) < 4.78 is 5.62. The van der Waals surface area contributed by atoms with Crippen LogP contribution in [0.3, 0.4) is 0 Å². The Balaban J connectivity index is 1.50. The zero-order valence-electron chi connectivity index (χ0n) is 15.6. The molecule has 144 valence electrons. The lowest BCUT2D eigenvalue weighted by Gasteiger charge is -2.22. The number of nitrogens with one attached hydrogen (secondary N) is 1. The van der Waals surface area contributed by atoms with Crippen LogP contribution in [0.25, 0.3) is 0 Å². The summed E-state index contributed by atoms with van der Waals surface area (Å²) in [5.74, 6) is 0.173. The normalized spacial score (nSPS) is 18.6. The molecule has 2 aromatic carbocycles. The molecule has 1 N–H and O–H groups in total. The summed E-state index contributed by atoms with van der Waals surface area (Å²) in [4.78, 5) is 26.5. The topological polar surface area (TPSA) is 112 Å². The predicted octanol–water partition coefficient (Wildman–Crippen LogP) is 2.50. The van der Waals surface area contributed by atoms with E-state index in [1.807, 2.05) is 36.4 Å². The molecule has 3 aromatic rings. The van der Waals surface area contributed by atoms with Crippen molar-refractivity contribution in [3.63, 3.8) is 0 Å². The Morgan fingerprint density at radius 3 is 2.45 bits per heavy atom. The number of nitrogens with zero attached hydrogens (tertiary/aromatic N) is 4. The molecule has 0 aliphatic carbocycles. The van der Waals surface area contributed by atoms with Crippen molar-refractivity contribution in [2.24, 2.45) is 0 Å². The van der Waals surface area contributed by atoms with Gasteiger partial charge < -0.3 is 9.73 Å². The van der Waals surface area contributed by atoms with Gasteiger partial charge in [0.15, 0.2) is 0 Å². The molecule has 8 heteroatoms. The van der Waals surface area contributed by atoms with Crippen molar-refractivity contribution in [2.45, 2.75) is 25.4 Å². The average Bonchev–Trinajstić information content (AvgIpc) is 3.27. The number of amides is 3. The van der Waals surface area contributed by atoms with Gasteiger partial charge in [-0.25, -0.2) is 4.79 Å². The van der Waals surface area contributed by atoms with E-state index in [0.29, 0.717) is 23.4 Å². The molecule has 1 unspecified atom stereocenters. The smallest absolute Gasteiger partial charge is 0.325 e. The molecular formula is C21H17N5O3. The Hall–Kier alpha value is -3.99. The van der Waals surface area contributed by atoms with E-state index in [1.165, 1.54) is 0 Å². The Labute approximate surface area is 166 Å². The summed E-state index contributed by atoms with van der Waals surface area (Å²) in [6, 6.07) is 17.7. The van der Waals surface area contributed by atoms with Gasteiger partial charge in [-0.2, -0.15) is 5.26 Å². The minimum atomic E-state index is -1.22. The Morgan fingerprint density at radius 1 is 1.07 bits per heavy atom. The van der Waals surface area contributed by atoms with Gasteiger partial charge in [-0.3, -0.25) is 9.69 Å². The highest BCUT2D eigenvalue weighted by atomic mass is 16.4. The van der Waals surface area contributed by atoms with E-state index in [-0.39, 0.29) is 12.4 Å². The first-order chi connectivity index (χ1) is 14.0. The zero-order valence-corrected chi connectivity index (χ0v) is 15.6. The SMILES string of the molecule is CC1(c2ccc(C#N)cc2)NC(=O)N(Cc2nnc(Cc3ccccc3)o2)C1=O. The van der Waals surface area contributed by atoms with Crippen LogP contribution >= 0.6 is 0 Å². The third kappa shape index (κ3) is 3.46. The van der Waals surface area contributed by atoms with E-state index in [0.717, 1.165) is 10.5 Å². The highest BCUT2D eigenvalue weighted by molar-refractivity contribution is 6.07. The van der Waals surface area contributed by atoms with Crippen molar-refractivity contribution in [1.82, 2.24) is 20.4 Å². The van der Waals surface area contributed by atoms with Crippen LogP contribution in [0.2, 0.25) is 0 Å². The lowest BCUT2D eigenvalue weighted by molar-refractivity contribution is -0.131. The summed E-state index contributed by atoms with van der Waals surface area (Å²) in [6.07, 6.45) is 0.469. The molecular weight excluding hydrogens is 370 g/mol. The van der Waals surface area contributed by atoms with Crippen LogP contribution < -0.4 is 5.32 Å². The molecule has 1 saturated heterocycles. The maximum absolute atomic E-state index is 13.0. The van der Waals surface area contributed by atoms with E-state index in [4.69, 9.17) is 9.68 Å². The van der Waals surface area contributed by atoms with Crippen LogP contribution in [0.15, 0.2) is 59.0 Å². The lowest BCUT2D eigenvalue weighted by Crippen LogP contribution is -2.40. The minimum Gasteiger partial charge on any atom is -0.423 e. The number of nitriles is 1. The van der Waals surface area contributed by atoms with Crippen molar-refractivity contribution in [1.29, 1.82) is 5.26 Å². The van der Waals surface area contributed by atoms with Gasteiger partial charge in [-0.05, 0) is 30.2 Å². The average molecular weight is 387 g/mol. The van der Waals surface area contributed by atoms with Gasteiger partial charge in [0.05, 0.1) is 18.1 Å². The number of hydrogen-bond donors (Lipinski definition) is 1. The first-order valence-corrected chi connectivity index (χ1v) is 8.99. The van der Waals surface area contributed by atoms with Crippen LogP contribution in [0.4, 0.5) is 4.79 Å². The third-order valence-electron chi connectivity index (χ3n) is 4.87. The molecule has 2 heterocycles. The van der Waals surface area contributed by atoms with Crippen molar-refractivity contribution < 1.29 is 14.0 Å². The number of carbonyl (C=O) groups excluding carboxylic acids is 2. The summed E-state index contributed by atoms with van der Waals surface area (Å²) in [5, 5.41) is 19.6. The first kappa shape index (κ1) is 18.4. The molecule has 3 amide bonds. The van der Waals surface area contributed by atoms with Gasteiger partial charge >= 0.3 is 6.03 Å². The third-order valence-corrected chi connectivity index (χ3v) is 4.87. The summed E-state index contributed by atoms with van der Waals surface area (Å²) in [5.41, 5.74) is 0.860. The molecule has 0 radical (unpaired) electrons. The molecule has 1 aromatic heterocycles. The van der Waals surface area contributed by atoms with E-state index < -0.39 is 17.5 Å². The quantitative estimate of drug-likeness (QED) is 0.673. The lowest BCUT2D eigenvalue weighted by atomic mass is 9.91. The largest absolute Gasteiger partial charge is 0.423 e. The van der Waals surface area contributed by atoms with E-state index in [1.54, 1.807) is 31.2 Å². The number of aromatic nitrogens is 2. The molecule has 1 aliphatic rings. The molecule has 8 nitrogen and oxygen atoms in total. The number of hydrogen-bond acceptors (Lipinski definition) is 6. The van der Waals surface area contributed by atoms with Crippen molar-refractivity contribution in [2.75, 3.05) is 0 Å². The van der Waals surface area contributed by atoms with Gasteiger partial charge in [-0.15, -0.1) is 10.2 Å². The van der Waals surface area contributed by atoms with Gasteiger partial charge in [0, 0.05) is 0 Å². The number of imide groups is 1. The number of urea groups is 1. The van der Waals surface area contributed by atoms with Gasteiger partial charge in [0.25, 0.3) is 5.91 Å². The standard InChI is InChI=1S/C21H17N5O3/c1-21(16-9-7-15(12-22)8-10-16)19(27)26(20(28)23-21)13-18-25-24-17(29-18)11-14-5-3-2-4-6-14/h2-10H,11,13H2,1H3,(H,23,28). The summed E-state index contributed by atoms with van der Waals surface area (Å²) in [7, 11) is 0. The minimum absolute atomic E-state index is 0.113. The second-order valence-corrected chi connectivity index (χ2v) is 6.89. The zero-order chi connectivity index (χ0) is 20.4. The molecule has 0 bridgehead atoms. The first-order valence-electron chi connectivity index (χ1n) is 8.99. The van der Waals surface area contributed by atoms with Crippen LogP contribution in [0.5, 0.6) is 0 Å². The molecule has 29 heavy (non-hydrogen) atoms. The molecule has 0 spiro atoms. The van der Waals surface area contributed by atoms with E-state index in [9.17, 15) is 9.59 Å². The van der Waals surface area contributed by atoms with Gasteiger partial charge in [-0.1, -0.05) is 42.5 Å². The molecule has 0 saturated carbocycles. The molecule has 1 atom stereocenters. The monoisotopic (exact) mass is 387 g/mol. The highest BCUT2D eigenvalue weighted by Gasteiger charge is 2.49. The highest BCUT2D eigenvalue weighted by Crippen LogP contribution is 2.30. The van der Waals surface area contributed by atoms with Crippen LogP contribution in [0, 0.1) is 11.3 Å².